The molecule has 13 aromatic rings. The normalized spacial score (nSPS) is 12.2. The SMILES string of the molecule is O=P(c1ccccc1)(c1ccccc1)c1ccc2nc(-c3ccc4c5ccc6ccccc6c5c5nc6ccc(-c7ccc(P(=[Se])(c8ccccc8)c8ccccc8)cn7)cc6n5c4c3)ncc2c1. The number of nitrogens with zero attached hydrogens (tertiary/aromatic N) is 5. The molecule has 69 heavy (non-hydrogen) atoms. The first-order chi connectivity index (χ1) is 33.9. The average molecular weight is 987 g/mol. The van der Waals surface area contributed by atoms with Crippen molar-refractivity contribution in [1.82, 2.24) is 24.3 Å². The Morgan fingerprint density at radius 3 is 1.68 bits per heavy atom. The van der Waals surface area contributed by atoms with Gasteiger partial charge >= 0.3 is 221 Å². The van der Waals surface area contributed by atoms with Crippen molar-refractivity contribution in [3.05, 3.63) is 237 Å². The van der Waals surface area contributed by atoms with Crippen LogP contribution in [0.3, 0.4) is 0 Å². The summed E-state index contributed by atoms with van der Waals surface area (Å²) in [5.41, 5.74) is 5.23. The van der Waals surface area contributed by atoms with E-state index in [1.165, 1.54) is 15.9 Å². The first kappa shape index (κ1) is 41.6. The average Bonchev–Trinajstić information content (AvgIpc) is 3.82. The van der Waals surface area contributed by atoms with Crippen molar-refractivity contribution >= 4 is 120 Å². The maximum absolute atomic E-state index is 15.2. The largest absolute Gasteiger partial charge is 0.236 e. The van der Waals surface area contributed by atoms with E-state index in [1.54, 1.807) is 0 Å². The molecule has 0 aliphatic rings. The van der Waals surface area contributed by atoms with E-state index in [1.807, 2.05) is 85.1 Å². The molecule has 13 rings (SSSR count). The molecule has 0 saturated heterocycles. The van der Waals surface area contributed by atoms with E-state index in [9.17, 15) is 0 Å². The Hall–Kier alpha value is -7.62. The van der Waals surface area contributed by atoms with E-state index < -0.39 is 12.7 Å². The molecule has 4 aromatic heterocycles. The molecule has 326 valence electrons. The van der Waals surface area contributed by atoms with E-state index >= 15 is 4.57 Å². The zero-order valence-corrected chi connectivity index (χ0v) is 40.5. The van der Waals surface area contributed by atoms with Crippen molar-refractivity contribution < 1.29 is 4.57 Å². The maximum Gasteiger partial charge on any atom is 0.0388 e. The molecule has 4 heterocycles. The zero-order chi connectivity index (χ0) is 46.1. The van der Waals surface area contributed by atoms with E-state index in [2.05, 4.69) is 171 Å². The number of benzene rings is 9. The fourth-order valence-electron chi connectivity index (χ4n) is 10.0. The summed E-state index contributed by atoms with van der Waals surface area (Å²) >= 11 is 3.67. The van der Waals surface area contributed by atoms with Crippen LogP contribution in [-0.4, -0.2) is 39.4 Å². The fraction of sp³-hybridized carbons (Fsp3) is 0. The molecule has 0 unspecified atom stereocenters. The van der Waals surface area contributed by atoms with Crippen molar-refractivity contribution in [2.24, 2.45) is 0 Å². The Morgan fingerprint density at radius 1 is 0.406 bits per heavy atom. The summed E-state index contributed by atoms with van der Waals surface area (Å²) in [5.74, 6) is 0.603. The molecule has 0 saturated carbocycles. The van der Waals surface area contributed by atoms with Crippen LogP contribution in [0.5, 0.6) is 0 Å². The van der Waals surface area contributed by atoms with Gasteiger partial charge in [-0.2, -0.15) is 0 Å². The van der Waals surface area contributed by atoms with Gasteiger partial charge in [0.2, 0.25) is 0 Å². The maximum atomic E-state index is 15.2. The number of aromatic nitrogens is 5. The van der Waals surface area contributed by atoms with Crippen LogP contribution in [0, 0.1) is 0 Å². The minimum atomic E-state index is -3.18. The molecule has 0 radical (unpaired) electrons. The van der Waals surface area contributed by atoms with Crippen molar-refractivity contribution in [1.29, 1.82) is 0 Å². The quantitative estimate of drug-likeness (QED) is 0.0862. The molecule has 0 N–H and O–H groups in total. The van der Waals surface area contributed by atoms with Gasteiger partial charge in [-0.3, -0.25) is 0 Å². The summed E-state index contributed by atoms with van der Waals surface area (Å²) in [6.45, 7) is 0. The van der Waals surface area contributed by atoms with E-state index in [4.69, 9.17) is 19.9 Å². The molecule has 0 bridgehead atoms. The predicted molar refractivity (Wildman–Crippen MR) is 291 cm³/mol. The number of fused-ring (bicyclic) bond motifs is 11. The first-order valence-electron chi connectivity index (χ1n) is 22.8. The van der Waals surface area contributed by atoms with Crippen LogP contribution in [0.2, 0.25) is 0 Å². The number of pyridine rings is 2. The first-order valence-corrected chi connectivity index (χ1v) is 28.5. The molecule has 0 fully saturated rings. The number of imidazole rings is 1. The summed E-state index contributed by atoms with van der Waals surface area (Å²) in [7, 11) is -3.18. The molecule has 0 amide bonds. The standard InChI is InChI=1S/C60H39N5OP2Se/c66-67(44-16-5-1-6-17-44,45-18-7-2-8-19-45)48-28-34-54-43(35-48)38-62-59(63-54)42-26-30-51-52-31-25-40-15-13-14-24-50(40)58(52)60-64-55-32-27-41(36-57(55)65(60)56(51)37-42)53-33-29-49(39-61-53)68(69,46-20-9-3-10-21-46)47-22-11-4-12-23-47/h1-39H. The summed E-state index contributed by atoms with van der Waals surface area (Å²) in [5, 5.41) is 12.5. The molecular weight excluding hydrogens is 948 g/mol. The second-order valence-electron chi connectivity index (χ2n) is 17.3. The van der Waals surface area contributed by atoms with E-state index in [-0.39, 0.29) is 0 Å². The van der Waals surface area contributed by atoms with Crippen molar-refractivity contribution in [2.75, 3.05) is 0 Å². The van der Waals surface area contributed by atoms with Crippen LogP contribution >= 0.6 is 12.7 Å². The molecule has 9 aromatic carbocycles. The molecule has 0 aliphatic heterocycles. The third-order valence-corrected chi connectivity index (χ3v) is 23.5. The summed E-state index contributed by atoms with van der Waals surface area (Å²) in [4.78, 5) is 20.7. The molecule has 0 atom stereocenters. The van der Waals surface area contributed by atoms with Gasteiger partial charge in [-0.25, -0.2) is 9.97 Å². The minimum absolute atomic E-state index is 0.603. The van der Waals surface area contributed by atoms with Gasteiger partial charge in [0, 0.05) is 27.5 Å². The van der Waals surface area contributed by atoms with Gasteiger partial charge < -0.3 is 4.57 Å². The summed E-state index contributed by atoms with van der Waals surface area (Å²) in [6.07, 6.45) is 3.91. The molecule has 9 heteroatoms. The van der Waals surface area contributed by atoms with Crippen molar-refractivity contribution in [3.8, 4) is 22.6 Å². The Labute approximate surface area is 405 Å². The number of hydrogen-bond acceptors (Lipinski definition) is 5. The van der Waals surface area contributed by atoms with Gasteiger partial charge in [0.1, 0.15) is 0 Å². The van der Waals surface area contributed by atoms with Crippen LogP contribution in [0.25, 0.3) is 82.7 Å². The van der Waals surface area contributed by atoms with E-state index in [0.717, 1.165) is 92.8 Å². The molecular formula is C60H39N5OP2Se. The zero-order valence-electron chi connectivity index (χ0n) is 37.0. The Morgan fingerprint density at radius 2 is 1.00 bits per heavy atom. The van der Waals surface area contributed by atoms with Crippen LogP contribution < -0.4 is 31.8 Å². The van der Waals surface area contributed by atoms with Crippen LogP contribution in [0.15, 0.2) is 237 Å². The van der Waals surface area contributed by atoms with Gasteiger partial charge in [-0.15, -0.1) is 0 Å². The van der Waals surface area contributed by atoms with Crippen molar-refractivity contribution in [2.45, 2.75) is 0 Å². The third kappa shape index (κ3) is 6.77. The monoisotopic (exact) mass is 987 g/mol. The predicted octanol–water partition coefficient (Wildman–Crippen LogP) is 11.6. The van der Waals surface area contributed by atoms with Gasteiger partial charge in [-0.1, -0.05) is 103 Å². The fourth-order valence-corrected chi connectivity index (χ4v) is 17.5. The molecule has 0 aliphatic carbocycles. The molecule has 6 nitrogen and oxygen atoms in total. The number of hydrogen-bond donors (Lipinski definition) is 0. The van der Waals surface area contributed by atoms with Gasteiger partial charge in [0.25, 0.3) is 0 Å². The van der Waals surface area contributed by atoms with E-state index in [0.29, 0.717) is 5.82 Å². The molecule has 0 spiro atoms. The third-order valence-electron chi connectivity index (χ3n) is 13.4. The Bertz CT molecular complexity index is 4160. The van der Waals surface area contributed by atoms with Crippen LogP contribution in [-0.2, 0) is 4.57 Å². The summed E-state index contributed by atoms with van der Waals surface area (Å²) < 4.78 is 17.5. The van der Waals surface area contributed by atoms with Crippen LogP contribution in [0.1, 0.15) is 0 Å². The van der Waals surface area contributed by atoms with Crippen molar-refractivity contribution in [3.63, 3.8) is 0 Å². The van der Waals surface area contributed by atoms with Gasteiger partial charge in [0.15, 0.2) is 13.0 Å². The second kappa shape index (κ2) is 16.6. The second-order valence-corrected chi connectivity index (χ2v) is 26.3. The Balaban J connectivity index is 0.959. The number of rotatable bonds is 8. The van der Waals surface area contributed by atoms with Crippen LogP contribution in [0.4, 0.5) is 0 Å². The summed E-state index contributed by atoms with van der Waals surface area (Å²) in [6, 6.07) is 77.2. The topological polar surface area (TPSA) is 73.0 Å². The van der Waals surface area contributed by atoms with Gasteiger partial charge in [0.05, 0.1) is 5.52 Å². The minimum Gasteiger partial charge on any atom is -0.236 e. The Kier molecular flexibility index (Phi) is 9.97. The smallest absolute Gasteiger partial charge is 0.0388 e. The van der Waals surface area contributed by atoms with Gasteiger partial charge in [-0.05, 0) is 23.6 Å².